The van der Waals surface area contributed by atoms with E-state index in [0.717, 1.165) is 0 Å². The first-order valence-corrected chi connectivity index (χ1v) is 4.35. The third-order valence-electron chi connectivity index (χ3n) is 1.52. The molecule has 2 rings (SSSR count). The fourth-order valence-corrected chi connectivity index (χ4v) is 2.76. The highest BCUT2D eigenvalue weighted by Crippen LogP contribution is 2.31. The molecule has 0 aromatic rings. The molecule has 2 saturated heterocycles. The molecule has 0 aromatic carbocycles. The maximum absolute atomic E-state index is 10.6. The van der Waals surface area contributed by atoms with Crippen LogP contribution < -0.4 is 0 Å². The third-order valence-corrected chi connectivity index (χ3v) is 3.20. The van der Waals surface area contributed by atoms with Crippen LogP contribution in [0.3, 0.4) is 0 Å². The summed E-state index contributed by atoms with van der Waals surface area (Å²) in [6.45, 7) is 0. The van der Waals surface area contributed by atoms with Crippen LogP contribution in [-0.2, 0) is 14.6 Å². The predicted octanol–water partition coefficient (Wildman–Crippen LogP) is -0.818. The van der Waals surface area contributed by atoms with Crippen molar-refractivity contribution in [3.63, 3.8) is 0 Å². The largest absolute Gasteiger partial charge is 0.367 e. The van der Waals surface area contributed by atoms with E-state index in [0.29, 0.717) is 0 Å². The summed E-state index contributed by atoms with van der Waals surface area (Å²) in [6.07, 6.45) is 0.139. The fraction of sp³-hybridized carbons (Fsp3) is 1.00. The van der Waals surface area contributed by atoms with Crippen LogP contribution in [0.25, 0.3) is 0 Å². The zero-order valence-corrected chi connectivity index (χ0v) is 5.02. The number of ether oxygens (including phenoxy) is 1. The molecular formula is C4H6O3S. The summed E-state index contributed by atoms with van der Waals surface area (Å²) >= 11 is 0. The second-order valence-electron chi connectivity index (χ2n) is 2.29. The van der Waals surface area contributed by atoms with E-state index in [9.17, 15) is 8.42 Å². The van der Waals surface area contributed by atoms with E-state index in [1.165, 1.54) is 0 Å². The van der Waals surface area contributed by atoms with Crippen molar-refractivity contribution >= 4 is 9.84 Å². The average Bonchev–Trinajstić information content (AvgIpc) is 2.11. The number of sulfone groups is 1. The standard InChI is InChI=1S/C4H6O3S/c5-8(6)1-3-4(2-8)7-3/h3-4H,1-2H2/t3-,4-/m1/s1. The lowest BCUT2D eigenvalue weighted by Crippen LogP contribution is -2.07. The first-order chi connectivity index (χ1) is 3.67. The van der Waals surface area contributed by atoms with Crippen molar-refractivity contribution < 1.29 is 13.2 Å². The molecule has 0 saturated carbocycles. The molecule has 2 aliphatic rings. The topological polar surface area (TPSA) is 46.7 Å². The number of fused-ring (bicyclic) bond motifs is 1. The van der Waals surface area contributed by atoms with Gasteiger partial charge in [0.2, 0.25) is 0 Å². The Bertz CT molecular complexity index is 189. The molecule has 0 aromatic heterocycles. The van der Waals surface area contributed by atoms with Crippen molar-refractivity contribution in [1.82, 2.24) is 0 Å². The molecule has 3 nitrogen and oxygen atoms in total. The Balaban J connectivity index is 2.30. The smallest absolute Gasteiger partial charge is 0.155 e. The van der Waals surface area contributed by atoms with Crippen LogP contribution in [0.2, 0.25) is 0 Å². The normalized spacial score (nSPS) is 48.5. The third kappa shape index (κ3) is 0.563. The zero-order chi connectivity index (χ0) is 5.78. The van der Waals surface area contributed by atoms with Gasteiger partial charge < -0.3 is 4.74 Å². The second-order valence-corrected chi connectivity index (χ2v) is 4.44. The minimum atomic E-state index is -2.67. The molecule has 2 heterocycles. The highest BCUT2D eigenvalue weighted by Gasteiger charge is 2.51. The van der Waals surface area contributed by atoms with Gasteiger partial charge in [-0.25, -0.2) is 8.42 Å². The molecule has 2 fully saturated rings. The molecule has 4 heteroatoms. The van der Waals surface area contributed by atoms with Crippen LogP contribution >= 0.6 is 0 Å². The van der Waals surface area contributed by atoms with E-state index in [1.807, 2.05) is 0 Å². The van der Waals surface area contributed by atoms with Crippen molar-refractivity contribution in [2.24, 2.45) is 0 Å². The van der Waals surface area contributed by atoms with Crippen LogP contribution in [0.1, 0.15) is 0 Å². The van der Waals surface area contributed by atoms with Crippen LogP contribution in [0.4, 0.5) is 0 Å². The molecule has 0 N–H and O–H groups in total. The van der Waals surface area contributed by atoms with Crippen LogP contribution in [0.15, 0.2) is 0 Å². The van der Waals surface area contributed by atoms with Crippen LogP contribution in [0, 0.1) is 0 Å². The van der Waals surface area contributed by atoms with Gasteiger partial charge in [-0.2, -0.15) is 0 Å². The van der Waals surface area contributed by atoms with Gasteiger partial charge in [0.15, 0.2) is 9.84 Å². The molecule has 0 unspecified atom stereocenters. The van der Waals surface area contributed by atoms with Gasteiger partial charge in [0.1, 0.15) is 0 Å². The van der Waals surface area contributed by atoms with Crippen molar-refractivity contribution in [3.8, 4) is 0 Å². The van der Waals surface area contributed by atoms with Crippen molar-refractivity contribution in [2.45, 2.75) is 12.2 Å². The predicted molar refractivity (Wildman–Crippen MR) is 27.3 cm³/mol. The highest BCUT2D eigenvalue weighted by molar-refractivity contribution is 7.91. The Morgan fingerprint density at radius 3 is 2.00 bits per heavy atom. The van der Waals surface area contributed by atoms with Gasteiger partial charge in [0.25, 0.3) is 0 Å². The monoisotopic (exact) mass is 134 g/mol. The second kappa shape index (κ2) is 1.09. The molecule has 2 aliphatic heterocycles. The lowest BCUT2D eigenvalue weighted by molar-refractivity contribution is 0.380. The molecule has 2 atom stereocenters. The number of hydrogen-bond acceptors (Lipinski definition) is 3. The van der Waals surface area contributed by atoms with Crippen molar-refractivity contribution in [2.75, 3.05) is 11.5 Å². The Morgan fingerprint density at radius 2 is 1.75 bits per heavy atom. The first-order valence-electron chi connectivity index (χ1n) is 2.53. The van der Waals surface area contributed by atoms with Crippen molar-refractivity contribution in [1.29, 1.82) is 0 Å². The Morgan fingerprint density at radius 1 is 1.25 bits per heavy atom. The SMILES string of the molecule is O=S1(=O)C[C@H]2O[C@@H]2C1. The van der Waals surface area contributed by atoms with Crippen LogP contribution in [0.5, 0.6) is 0 Å². The quantitative estimate of drug-likeness (QED) is 0.407. The van der Waals surface area contributed by atoms with Gasteiger partial charge in [0.05, 0.1) is 23.7 Å². The summed E-state index contributed by atoms with van der Waals surface area (Å²) in [5, 5.41) is 0. The molecule has 8 heavy (non-hydrogen) atoms. The highest BCUT2D eigenvalue weighted by atomic mass is 32.2. The fourth-order valence-electron chi connectivity index (χ4n) is 1.04. The molecule has 0 amide bonds. The minimum absolute atomic E-state index is 0.0694. The summed E-state index contributed by atoms with van der Waals surface area (Å²) in [6, 6.07) is 0. The molecule has 46 valence electrons. The maximum atomic E-state index is 10.6. The van der Waals surface area contributed by atoms with E-state index in [2.05, 4.69) is 0 Å². The summed E-state index contributed by atoms with van der Waals surface area (Å²) in [7, 11) is -2.67. The Labute approximate surface area is 47.6 Å². The number of epoxide rings is 1. The molecule has 0 spiro atoms. The molecule has 0 radical (unpaired) electrons. The van der Waals surface area contributed by atoms with E-state index in [1.54, 1.807) is 0 Å². The van der Waals surface area contributed by atoms with E-state index < -0.39 is 9.84 Å². The van der Waals surface area contributed by atoms with E-state index in [-0.39, 0.29) is 23.7 Å². The Hall–Kier alpha value is -0.0900. The van der Waals surface area contributed by atoms with E-state index in [4.69, 9.17) is 4.74 Å². The Kier molecular flexibility index (Phi) is 0.646. The first kappa shape index (κ1) is 4.76. The van der Waals surface area contributed by atoms with E-state index >= 15 is 0 Å². The van der Waals surface area contributed by atoms with Gasteiger partial charge >= 0.3 is 0 Å². The molecular weight excluding hydrogens is 128 g/mol. The maximum Gasteiger partial charge on any atom is 0.155 e. The minimum Gasteiger partial charge on any atom is -0.367 e. The lowest BCUT2D eigenvalue weighted by Gasteiger charge is -1.89. The lowest BCUT2D eigenvalue weighted by atomic mass is 10.4. The summed E-state index contributed by atoms with van der Waals surface area (Å²) in [4.78, 5) is 0. The zero-order valence-electron chi connectivity index (χ0n) is 4.20. The van der Waals surface area contributed by atoms with Gasteiger partial charge in [-0.05, 0) is 0 Å². The summed E-state index contributed by atoms with van der Waals surface area (Å²) in [5.41, 5.74) is 0. The van der Waals surface area contributed by atoms with Crippen molar-refractivity contribution in [3.05, 3.63) is 0 Å². The van der Waals surface area contributed by atoms with Gasteiger partial charge in [-0.15, -0.1) is 0 Å². The number of hydrogen-bond donors (Lipinski definition) is 0. The summed E-state index contributed by atoms with van der Waals surface area (Å²) < 4.78 is 26.1. The van der Waals surface area contributed by atoms with Gasteiger partial charge in [-0.1, -0.05) is 0 Å². The van der Waals surface area contributed by atoms with Crippen LogP contribution in [-0.4, -0.2) is 32.1 Å². The summed E-state index contributed by atoms with van der Waals surface area (Å²) in [5.74, 6) is 0.523. The number of rotatable bonds is 0. The molecule has 0 aliphatic carbocycles. The van der Waals surface area contributed by atoms with Gasteiger partial charge in [-0.3, -0.25) is 0 Å². The molecule has 0 bridgehead atoms. The average molecular weight is 134 g/mol. The van der Waals surface area contributed by atoms with Gasteiger partial charge in [0, 0.05) is 0 Å².